The van der Waals surface area contributed by atoms with E-state index in [2.05, 4.69) is 5.32 Å². The molecule has 0 aliphatic carbocycles. The zero-order valence-electron chi connectivity index (χ0n) is 13.1. The monoisotopic (exact) mass is 312 g/mol. The van der Waals surface area contributed by atoms with Crippen molar-refractivity contribution >= 4 is 17.5 Å². The number of hydrogen-bond donors (Lipinski definition) is 2. The Morgan fingerprint density at radius 1 is 1.33 bits per heavy atom. The Hall–Kier alpha value is -1.10. The molecular formula is C16H25ClN2O2. The summed E-state index contributed by atoms with van der Waals surface area (Å²) in [5, 5.41) is 3.61. The van der Waals surface area contributed by atoms with Crippen molar-refractivity contribution in [2.24, 2.45) is 11.7 Å². The highest BCUT2D eigenvalue weighted by molar-refractivity contribution is 6.30. The molecule has 0 heterocycles. The third-order valence-corrected chi connectivity index (χ3v) is 4.09. The van der Waals surface area contributed by atoms with Gasteiger partial charge in [0.2, 0.25) is 5.91 Å². The van der Waals surface area contributed by atoms with Gasteiger partial charge in [-0.2, -0.15) is 0 Å². The normalized spacial score (nSPS) is 16.9. The summed E-state index contributed by atoms with van der Waals surface area (Å²) in [4.78, 5) is 12.1. The van der Waals surface area contributed by atoms with Gasteiger partial charge in [0.15, 0.2) is 0 Å². The van der Waals surface area contributed by atoms with Crippen LogP contribution in [0.3, 0.4) is 0 Å². The van der Waals surface area contributed by atoms with E-state index in [-0.39, 0.29) is 24.0 Å². The number of halogens is 1. The van der Waals surface area contributed by atoms with Gasteiger partial charge < -0.3 is 15.8 Å². The molecule has 1 rings (SSSR count). The Morgan fingerprint density at radius 2 is 1.90 bits per heavy atom. The van der Waals surface area contributed by atoms with Gasteiger partial charge in [-0.3, -0.25) is 4.79 Å². The first-order chi connectivity index (χ1) is 9.90. The zero-order chi connectivity index (χ0) is 16.0. The lowest BCUT2D eigenvalue weighted by molar-refractivity contribution is -0.125. The topological polar surface area (TPSA) is 64.4 Å². The van der Waals surface area contributed by atoms with E-state index in [1.165, 1.54) is 0 Å². The van der Waals surface area contributed by atoms with E-state index in [0.29, 0.717) is 5.02 Å². The smallest absolute Gasteiger partial charge is 0.237 e. The van der Waals surface area contributed by atoms with Crippen LogP contribution >= 0.6 is 11.6 Å². The number of benzene rings is 1. The molecule has 1 aromatic carbocycles. The van der Waals surface area contributed by atoms with E-state index in [0.717, 1.165) is 12.0 Å². The summed E-state index contributed by atoms with van der Waals surface area (Å²) >= 11 is 5.89. The molecule has 5 heteroatoms. The van der Waals surface area contributed by atoms with Gasteiger partial charge in [-0.1, -0.05) is 44.0 Å². The minimum Gasteiger partial charge on any atom is -0.375 e. The second-order valence-electron chi connectivity index (χ2n) is 5.42. The number of nitrogens with two attached hydrogens (primary N) is 1. The fourth-order valence-electron chi connectivity index (χ4n) is 2.19. The number of carbonyl (C=O) groups excluding carboxylic acids is 1. The molecule has 0 aromatic heterocycles. The summed E-state index contributed by atoms with van der Waals surface area (Å²) in [6.07, 6.45) is 0.628. The van der Waals surface area contributed by atoms with Crippen LogP contribution in [-0.2, 0) is 9.53 Å². The molecule has 4 nitrogen and oxygen atoms in total. The standard InChI is InChI=1S/C16H25ClN2O2/c1-5-10(2)14(18)16(20)19-11(3)15(21-4)12-6-8-13(17)9-7-12/h6-11,14-15H,5,18H2,1-4H3,(H,19,20). The SMILES string of the molecule is CCC(C)C(N)C(=O)NC(C)C(OC)c1ccc(Cl)cc1. The van der Waals surface area contributed by atoms with Crippen LogP contribution in [0, 0.1) is 5.92 Å². The third kappa shape index (κ3) is 4.99. The van der Waals surface area contributed by atoms with Crippen LogP contribution in [-0.4, -0.2) is 25.1 Å². The fraction of sp³-hybridized carbons (Fsp3) is 0.562. The largest absolute Gasteiger partial charge is 0.375 e. The predicted octanol–water partition coefficient (Wildman–Crippen LogP) is 2.91. The number of hydrogen-bond acceptors (Lipinski definition) is 3. The van der Waals surface area contributed by atoms with E-state index in [4.69, 9.17) is 22.1 Å². The Labute approximate surface area is 132 Å². The minimum absolute atomic E-state index is 0.145. The Morgan fingerprint density at radius 3 is 2.38 bits per heavy atom. The molecule has 118 valence electrons. The minimum atomic E-state index is -0.500. The first-order valence-electron chi connectivity index (χ1n) is 7.24. The first-order valence-corrected chi connectivity index (χ1v) is 7.62. The molecule has 0 fully saturated rings. The molecule has 1 aromatic rings. The molecule has 4 unspecified atom stereocenters. The molecule has 0 radical (unpaired) electrons. The number of amides is 1. The number of carbonyl (C=O) groups is 1. The highest BCUT2D eigenvalue weighted by Gasteiger charge is 2.25. The van der Waals surface area contributed by atoms with E-state index in [1.807, 2.05) is 45.0 Å². The quantitative estimate of drug-likeness (QED) is 0.813. The van der Waals surface area contributed by atoms with Gasteiger partial charge in [-0.25, -0.2) is 0 Å². The summed E-state index contributed by atoms with van der Waals surface area (Å²) in [5.41, 5.74) is 6.91. The molecule has 0 spiro atoms. The lowest BCUT2D eigenvalue weighted by atomic mass is 9.98. The van der Waals surface area contributed by atoms with E-state index < -0.39 is 6.04 Å². The second-order valence-corrected chi connectivity index (χ2v) is 5.85. The maximum atomic E-state index is 12.1. The van der Waals surface area contributed by atoms with Crippen molar-refractivity contribution < 1.29 is 9.53 Å². The van der Waals surface area contributed by atoms with Crippen molar-refractivity contribution in [3.05, 3.63) is 34.9 Å². The van der Waals surface area contributed by atoms with Gasteiger partial charge in [-0.05, 0) is 30.5 Å². The molecule has 0 saturated carbocycles. The number of nitrogens with one attached hydrogen (secondary N) is 1. The van der Waals surface area contributed by atoms with Crippen LogP contribution in [0.4, 0.5) is 0 Å². The Balaban J connectivity index is 2.73. The molecule has 0 aliphatic heterocycles. The average Bonchev–Trinajstić information content (AvgIpc) is 2.48. The van der Waals surface area contributed by atoms with Crippen molar-refractivity contribution in [2.45, 2.75) is 45.4 Å². The van der Waals surface area contributed by atoms with Crippen molar-refractivity contribution in [1.29, 1.82) is 0 Å². The fourth-order valence-corrected chi connectivity index (χ4v) is 2.32. The van der Waals surface area contributed by atoms with Crippen LogP contribution < -0.4 is 11.1 Å². The molecule has 4 atom stereocenters. The highest BCUT2D eigenvalue weighted by atomic mass is 35.5. The van der Waals surface area contributed by atoms with Gasteiger partial charge >= 0.3 is 0 Å². The predicted molar refractivity (Wildman–Crippen MR) is 86.2 cm³/mol. The van der Waals surface area contributed by atoms with Crippen LogP contribution in [0.5, 0.6) is 0 Å². The van der Waals surface area contributed by atoms with Crippen molar-refractivity contribution in [3.8, 4) is 0 Å². The molecule has 0 aliphatic rings. The van der Waals surface area contributed by atoms with Gasteiger partial charge in [0.1, 0.15) is 6.10 Å². The number of ether oxygens (including phenoxy) is 1. The molecule has 0 saturated heterocycles. The maximum absolute atomic E-state index is 12.1. The van der Waals surface area contributed by atoms with Crippen molar-refractivity contribution in [3.63, 3.8) is 0 Å². The summed E-state index contributed by atoms with van der Waals surface area (Å²) in [5.74, 6) is 0.00147. The van der Waals surface area contributed by atoms with Gasteiger partial charge in [0.05, 0.1) is 12.1 Å². The molecule has 1 amide bonds. The van der Waals surface area contributed by atoms with E-state index in [9.17, 15) is 4.79 Å². The lowest BCUT2D eigenvalue weighted by Gasteiger charge is -2.26. The van der Waals surface area contributed by atoms with E-state index in [1.54, 1.807) is 7.11 Å². The van der Waals surface area contributed by atoms with E-state index >= 15 is 0 Å². The number of rotatable bonds is 7. The van der Waals surface area contributed by atoms with Gasteiger partial charge in [0, 0.05) is 12.1 Å². The summed E-state index contributed by atoms with van der Waals surface area (Å²) in [6.45, 7) is 5.90. The molecule has 3 N–H and O–H groups in total. The lowest BCUT2D eigenvalue weighted by Crippen LogP contribution is -2.49. The van der Waals surface area contributed by atoms with Crippen LogP contribution in [0.25, 0.3) is 0 Å². The molecule has 0 bridgehead atoms. The van der Waals surface area contributed by atoms with Crippen molar-refractivity contribution in [1.82, 2.24) is 5.32 Å². The Kier molecular flexibility index (Phi) is 7.15. The zero-order valence-corrected chi connectivity index (χ0v) is 13.9. The van der Waals surface area contributed by atoms with Crippen LogP contribution in [0.15, 0.2) is 24.3 Å². The Bertz CT molecular complexity index is 450. The maximum Gasteiger partial charge on any atom is 0.237 e. The van der Waals surface area contributed by atoms with Crippen LogP contribution in [0.1, 0.15) is 38.9 Å². The summed E-state index contributed by atoms with van der Waals surface area (Å²) in [6, 6.07) is 6.73. The van der Waals surface area contributed by atoms with Crippen molar-refractivity contribution in [2.75, 3.05) is 7.11 Å². The third-order valence-electron chi connectivity index (χ3n) is 3.84. The van der Waals surface area contributed by atoms with Crippen LogP contribution in [0.2, 0.25) is 5.02 Å². The van der Waals surface area contributed by atoms with Gasteiger partial charge in [-0.15, -0.1) is 0 Å². The first kappa shape index (κ1) is 18.0. The number of methoxy groups -OCH3 is 1. The second kappa shape index (κ2) is 8.37. The highest BCUT2D eigenvalue weighted by Crippen LogP contribution is 2.22. The van der Waals surface area contributed by atoms with Gasteiger partial charge in [0.25, 0.3) is 0 Å². The summed E-state index contributed by atoms with van der Waals surface area (Å²) in [7, 11) is 1.62. The average molecular weight is 313 g/mol. The summed E-state index contributed by atoms with van der Waals surface area (Å²) < 4.78 is 5.51. The molecule has 21 heavy (non-hydrogen) atoms. The molecular weight excluding hydrogens is 288 g/mol.